The van der Waals surface area contributed by atoms with Crippen molar-refractivity contribution in [1.82, 2.24) is 24.6 Å². The maximum absolute atomic E-state index is 13.4. The lowest BCUT2D eigenvalue weighted by Crippen LogP contribution is -2.42. The third-order valence-electron chi connectivity index (χ3n) is 8.43. The second-order valence-corrected chi connectivity index (χ2v) is 13.8. The highest BCUT2D eigenvalue weighted by atomic mass is 32.2. The van der Waals surface area contributed by atoms with E-state index >= 15 is 0 Å². The van der Waals surface area contributed by atoms with Gasteiger partial charge in [0, 0.05) is 30.3 Å². The van der Waals surface area contributed by atoms with Crippen LogP contribution in [0.25, 0.3) is 39.0 Å². The van der Waals surface area contributed by atoms with Gasteiger partial charge in [-0.15, -0.1) is 10.2 Å². The highest BCUT2D eigenvalue weighted by Crippen LogP contribution is 2.39. The lowest BCUT2D eigenvalue weighted by Gasteiger charge is -2.31. The van der Waals surface area contributed by atoms with Gasteiger partial charge >= 0.3 is 0 Å². The number of thiazole rings is 1. The Morgan fingerprint density at radius 2 is 1.56 bits per heavy atom. The first-order valence-corrected chi connectivity index (χ1v) is 17.6. The van der Waals surface area contributed by atoms with Crippen molar-refractivity contribution in [3.8, 4) is 39.0 Å². The van der Waals surface area contributed by atoms with Crippen molar-refractivity contribution in [3.05, 3.63) is 108 Å². The van der Waals surface area contributed by atoms with E-state index in [4.69, 9.17) is 9.40 Å². The SMILES string of the molecule is Cc1ccc(-c2nc(NC(=O)C3CCN(C(=O)CSc4nnc(-c5ccco5)n4-c4ccccc4)CC3)sc2-c2ccc(C)cc2)cc1. The van der Waals surface area contributed by atoms with E-state index in [0.717, 1.165) is 27.4 Å². The molecular formula is C37H34N6O3S2. The molecule has 48 heavy (non-hydrogen) atoms. The van der Waals surface area contributed by atoms with Crippen molar-refractivity contribution >= 4 is 40.0 Å². The molecule has 4 heterocycles. The van der Waals surface area contributed by atoms with Crippen molar-refractivity contribution in [2.45, 2.75) is 31.8 Å². The standard InChI is InChI=1S/C37H34N6O3S2/c1-24-10-14-26(15-11-24)32-33(27-16-12-25(2)13-17-27)48-36(38-32)39-35(45)28-18-20-42(21-19-28)31(44)23-47-37-41-40-34(30-9-6-22-46-30)43(37)29-7-4-3-5-8-29/h3-17,22,28H,18-21,23H2,1-2H3,(H,38,39,45). The van der Waals surface area contributed by atoms with Gasteiger partial charge in [0.05, 0.1) is 22.6 Å². The number of carbonyl (C=O) groups is 2. The monoisotopic (exact) mass is 674 g/mol. The van der Waals surface area contributed by atoms with E-state index in [2.05, 4.69) is 77.9 Å². The molecule has 0 aliphatic carbocycles. The summed E-state index contributed by atoms with van der Waals surface area (Å²) in [7, 11) is 0. The first-order valence-electron chi connectivity index (χ1n) is 15.8. The molecule has 1 aliphatic heterocycles. The average Bonchev–Trinajstić information content (AvgIpc) is 3.89. The molecule has 242 valence electrons. The van der Waals surface area contributed by atoms with Crippen LogP contribution in [0.2, 0.25) is 0 Å². The average molecular weight is 675 g/mol. The van der Waals surface area contributed by atoms with Gasteiger partial charge in [-0.1, -0.05) is 101 Å². The quantitative estimate of drug-likeness (QED) is 0.155. The maximum Gasteiger partial charge on any atom is 0.233 e. The van der Waals surface area contributed by atoms with Gasteiger partial charge in [0.1, 0.15) is 0 Å². The molecule has 1 N–H and O–H groups in total. The highest BCUT2D eigenvalue weighted by Gasteiger charge is 2.29. The number of hydrogen-bond donors (Lipinski definition) is 1. The molecule has 1 aliphatic rings. The third-order valence-corrected chi connectivity index (χ3v) is 10.4. The van der Waals surface area contributed by atoms with E-state index in [1.807, 2.05) is 51.9 Å². The summed E-state index contributed by atoms with van der Waals surface area (Å²) in [5.41, 5.74) is 6.18. The summed E-state index contributed by atoms with van der Waals surface area (Å²) in [6, 6.07) is 30.1. The molecule has 9 nitrogen and oxygen atoms in total. The van der Waals surface area contributed by atoms with Crippen LogP contribution >= 0.6 is 23.1 Å². The van der Waals surface area contributed by atoms with E-state index in [9.17, 15) is 9.59 Å². The molecule has 3 aromatic heterocycles. The number of rotatable bonds is 9. The summed E-state index contributed by atoms with van der Waals surface area (Å²) >= 11 is 2.83. The minimum absolute atomic E-state index is 0.00595. The molecule has 0 spiro atoms. The molecule has 7 rings (SSSR count). The number of benzene rings is 3. The number of aromatic nitrogens is 4. The number of aryl methyl sites for hydroxylation is 2. The van der Waals surface area contributed by atoms with E-state index in [1.165, 1.54) is 34.2 Å². The summed E-state index contributed by atoms with van der Waals surface area (Å²) in [6.07, 6.45) is 2.78. The van der Waals surface area contributed by atoms with E-state index in [1.54, 1.807) is 6.26 Å². The number of furan rings is 1. The predicted octanol–water partition coefficient (Wildman–Crippen LogP) is 7.90. The molecule has 0 saturated carbocycles. The Bertz CT molecular complexity index is 1950. The van der Waals surface area contributed by atoms with Crippen molar-refractivity contribution in [3.63, 3.8) is 0 Å². The molecule has 0 bridgehead atoms. The summed E-state index contributed by atoms with van der Waals surface area (Å²) in [4.78, 5) is 34.5. The van der Waals surface area contributed by atoms with Gasteiger partial charge in [0.25, 0.3) is 0 Å². The van der Waals surface area contributed by atoms with Gasteiger partial charge in [0.15, 0.2) is 16.0 Å². The number of nitrogens with one attached hydrogen (secondary N) is 1. The molecule has 1 saturated heterocycles. The second-order valence-electron chi connectivity index (χ2n) is 11.8. The Kier molecular flexibility index (Phi) is 9.22. The molecule has 1 fully saturated rings. The van der Waals surface area contributed by atoms with Crippen LogP contribution in [-0.2, 0) is 9.59 Å². The summed E-state index contributed by atoms with van der Waals surface area (Å²) in [5.74, 6) is 1.13. The second kappa shape index (κ2) is 14.0. The number of thioether (sulfide) groups is 1. The predicted molar refractivity (Wildman–Crippen MR) is 190 cm³/mol. The summed E-state index contributed by atoms with van der Waals surface area (Å²) < 4.78 is 7.50. The van der Waals surface area contributed by atoms with Crippen LogP contribution in [0.1, 0.15) is 24.0 Å². The van der Waals surface area contributed by atoms with Crippen molar-refractivity contribution in [2.24, 2.45) is 5.92 Å². The first-order chi connectivity index (χ1) is 23.4. The minimum atomic E-state index is -0.201. The van der Waals surface area contributed by atoms with Crippen LogP contribution < -0.4 is 5.32 Å². The number of amides is 2. The molecule has 0 unspecified atom stereocenters. The number of para-hydroxylation sites is 1. The van der Waals surface area contributed by atoms with Crippen molar-refractivity contribution in [1.29, 1.82) is 0 Å². The van der Waals surface area contributed by atoms with E-state index in [0.29, 0.717) is 47.8 Å². The van der Waals surface area contributed by atoms with Crippen molar-refractivity contribution < 1.29 is 14.0 Å². The largest absolute Gasteiger partial charge is 0.461 e. The zero-order valence-electron chi connectivity index (χ0n) is 26.6. The number of anilines is 1. The Labute approximate surface area is 287 Å². The molecule has 0 atom stereocenters. The van der Waals surface area contributed by atoms with Gasteiger partial charge in [-0.2, -0.15) is 0 Å². The number of likely N-dealkylation sites (tertiary alicyclic amines) is 1. The zero-order valence-corrected chi connectivity index (χ0v) is 28.3. The molecule has 2 amide bonds. The summed E-state index contributed by atoms with van der Waals surface area (Å²) in [6.45, 7) is 5.16. The number of piperidine rings is 1. The fourth-order valence-electron chi connectivity index (χ4n) is 5.74. The number of hydrogen-bond acceptors (Lipinski definition) is 8. The zero-order chi connectivity index (χ0) is 33.0. The van der Waals surface area contributed by atoms with E-state index < -0.39 is 0 Å². The minimum Gasteiger partial charge on any atom is -0.461 e. The number of carbonyl (C=O) groups excluding carboxylic acids is 2. The van der Waals surface area contributed by atoms with E-state index in [-0.39, 0.29) is 23.5 Å². The molecule has 11 heteroatoms. The summed E-state index contributed by atoms with van der Waals surface area (Å²) in [5, 5.41) is 13.0. The molecule has 6 aromatic rings. The number of nitrogens with zero attached hydrogens (tertiary/aromatic N) is 5. The topological polar surface area (TPSA) is 106 Å². The normalized spacial score (nSPS) is 13.5. The van der Waals surface area contributed by atoms with Gasteiger partial charge in [-0.25, -0.2) is 4.98 Å². The van der Waals surface area contributed by atoms with Crippen LogP contribution in [0.15, 0.2) is 107 Å². The van der Waals surface area contributed by atoms with Gasteiger partial charge in [-0.3, -0.25) is 14.2 Å². The van der Waals surface area contributed by atoms with Crippen molar-refractivity contribution in [2.75, 3.05) is 24.2 Å². The first kappa shape index (κ1) is 31.6. The molecular weight excluding hydrogens is 641 g/mol. The molecule has 0 radical (unpaired) electrons. The lowest BCUT2D eigenvalue weighted by atomic mass is 9.96. The highest BCUT2D eigenvalue weighted by molar-refractivity contribution is 7.99. The van der Waals surface area contributed by atoms with Crippen LogP contribution in [0.3, 0.4) is 0 Å². The van der Waals surface area contributed by atoms with Crippen LogP contribution in [0.4, 0.5) is 5.13 Å². The van der Waals surface area contributed by atoms with Crippen LogP contribution in [0.5, 0.6) is 0 Å². The van der Waals surface area contributed by atoms with Gasteiger partial charge in [-0.05, 0) is 56.5 Å². The fraction of sp³-hybridized carbons (Fsp3) is 0.216. The Morgan fingerprint density at radius 1 is 0.875 bits per heavy atom. The Hall–Kier alpha value is -5.00. The fourth-order valence-corrected chi connectivity index (χ4v) is 7.59. The van der Waals surface area contributed by atoms with Gasteiger partial charge in [0.2, 0.25) is 17.6 Å². The Balaban J connectivity index is 0.989. The molecule has 3 aromatic carbocycles. The van der Waals surface area contributed by atoms with Gasteiger partial charge < -0.3 is 14.6 Å². The third kappa shape index (κ3) is 6.83. The van der Waals surface area contributed by atoms with Crippen LogP contribution in [-0.4, -0.2) is 55.3 Å². The maximum atomic E-state index is 13.4. The lowest BCUT2D eigenvalue weighted by molar-refractivity contribution is -0.132. The smallest absolute Gasteiger partial charge is 0.233 e. The van der Waals surface area contributed by atoms with Crippen LogP contribution in [0, 0.1) is 19.8 Å². The Morgan fingerprint density at radius 3 is 2.23 bits per heavy atom.